The fraction of sp³-hybridized carbons (Fsp3) is 0.231. The average molecular weight is 279 g/mol. The van der Waals surface area contributed by atoms with Crippen molar-refractivity contribution in [2.75, 3.05) is 17.7 Å². The van der Waals surface area contributed by atoms with Gasteiger partial charge >= 0.3 is 0 Å². The summed E-state index contributed by atoms with van der Waals surface area (Å²) >= 11 is 6.07. The normalized spacial score (nSPS) is 10.3. The van der Waals surface area contributed by atoms with E-state index >= 15 is 0 Å². The lowest BCUT2D eigenvalue weighted by Gasteiger charge is -2.13. The van der Waals surface area contributed by atoms with Gasteiger partial charge in [-0.3, -0.25) is 0 Å². The summed E-state index contributed by atoms with van der Waals surface area (Å²) in [6.07, 6.45) is 1.41. The molecule has 0 bridgehead atoms. The number of aromatic nitrogens is 2. The van der Waals surface area contributed by atoms with Gasteiger partial charge in [0.1, 0.15) is 12.0 Å². The molecule has 0 radical (unpaired) electrons. The van der Waals surface area contributed by atoms with Crippen LogP contribution in [0, 0.1) is 6.92 Å². The minimum absolute atomic E-state index is 0.375. The van der Waals surface area contributed by atoms with Crippen molar-refractivity contribution in [3.8, 4) is 5.88 Å². The van der Waals surface area contributed by atoms with Gasteiger partial charge in [0, 0.05) is 10.7 Å². The van der Waals surface area contributed by atoms with Crippen LogP contribution in [0.5, 0.6) is 5.88 Å². The molecule has 0 saturated carbocycles. The molecule has 1 aromatic heterocycles. The van der Waals surface area contributed by atoms with E-state index in [1.807, 2.05) is 32.0 Å². The Hall–Kier alpha value is -2.01. The zero-order chi connectivity index (χ0) is 13.8. The molecule has 0 saturated heterocycles. The van der Waals surface area contributed by atoms with E-state index < -0.39 is 0 Å². The minimum Gasteiger partial charge on any atom is -0.476 e. The lowest BCUT2D eigenvalue weighted by atomic mass is 10.2. The number of nitrogens with one attached hydrogen (secondary N) is 1. The predicted molar refractivity (Wildman–Crippen MR) is 77.1 cm³/mol. The summed E-state index contributed by atoms with van der Waals surface area (Å²) in [4.78, 5) is 8.10. The second kappa shape index (κ2) is 5.75. The van der Waals surface area contributed by atoms with Crippen molar-refractivity contribution < 1.29 is 4.74 Å². The molecule has 2 rings (SSSR count). The molecular weight excluding hydrogens is 264 g/mol. The molecule has 0 fully saturated rings. The summed E-state index contributed by atoms with van der Waals surface area (Å²) in [6.45, 7) is 4.29. The highest BCUT2D eigenvalue weighted by Crippen LogP contribution is 2.30. The van der Waals surface area contributed by atoms with E-state index in [-0.39, 0.29) is 0 Å². The molecule has 0 spiro atoms. The first-order chi connectivity index (χ1) is 9.13. The fourth-order valence-electron chi connectivity index (χ4n) is 1.60. The van der Waals surface area contributed by atoms with E-state index in [0.29, 0.717) is 29.0 Å². The van der Waals surface area contributed by atoms with Crippen LogP contribution in [0.2, 0.25) is 5.02 Å². The Bertz CT molecular complexity index is 589. The zero-order valence-electron chi connectivity index (χ0n) is 10.8. The van der Waals surface area contributed by atoms with Crippen LogP contribution in [-0.2, 0) is 0 Å². The first-order valence-electron chi connectivity index (χ1n) is 5.89. The molecule has 0 aliphatic carbocycles. The number of benzene rings is 1. The van der Waals surface area contributed by atoms with E-state index in [0.717, 1.165) is 11.3 Å². The highest BCUT2D eigenvalue weighted by Gasteiger charge is 2.10. The summed E-state index contributed by atoms with van der Waals surface area (Å²) in [7, 11) is 0. The molecule has 3 N–H and O–H groups in total. The minimum atomic E-state index is 0.375. The van der Waals surface area contributed by atoms with Crippen LogP contribution in [0.3, 0.4) is 0 Å². The zero-order valence-corrected chi connectivity index (χ0v) is 11.5. The standard InChI is InChI=1S/C13H15ClN4O/c1-3-19-13-11(15)12(16-7-17-13)18-10-6-4-5-9(14)8(10)2/h4-7H,3,15H2,1-2H3,(H,16,17,18). The summed E-state index contributed by atoms with van der Waals surface area (Å²) in [5, 5.41) is 3.82. The molecule has 5 nitrogen and oxygen atoms in total. The highest BCUT2D eigenvalue weighted by atomic mass is 35.5. The molecule has 100 valence electrons. The van der Waals surface area contributed by atoms with Gasteiger partial charge in [0.2, 0.25) is 5.88 Å². The van der Waals surface area contributed by atoms with Gasteiger partial charge in [-0.1, -0.05) is 17.7 Å². The van der Waals surface area contributed by atoms with Crippen LogP contribution in [-0.4, -0.2) is 16.6 Å². The number of nitrogens with two attached hydrogens (primary N) is 1. The van der Waals surface area contributed by atoms with Crippen LogP contribution < -0.4 is 15.8 Å². The Morgan fingerprint density at radius 1 is 1.37 bits per heavy atom. The fourth-order valence-corrected chi connectivity index (χ4v) is 1.78. The van der Waals surface area contributed by atoms with Gasteiger partial charge in [-0.25, -0.2) is 4.98 Å². The number of nitrogen functional groups attached to an aromatic ring is 1. The Balaban J connectivity index is 2.33. The van der Waals surface area contributed by atoms with Gasteiger partial charge in [-0.05, 0) is 31.5 Å². The molecule has 1 heterocycles. The average Bonchev–Trinajstić information content (AvgIpc) is 2.40. The molecular formula is C13H15ClN4O. The Morgan fingerprint density at radius 3 is 2.89 bits per heavy atom. The van der Waals surface area contributed by atoms with Gasteiger partial charge < -0.3 is 15.8 Å². The molecule has 1 aromatic carbocycles. The molecule has 0 atom stereocenters. The van der Waals surface area contributed by atoms with E-state index in [9.17, 15) is 0 Å². The number of hydrogen-bond donors (Lipinski definition) is 2. The number of ether oxygens (including phenoxy) is 1. The van der Waals surface area contributed by atoms with Gasteiger partial charge in [0.05, 0.1) is 6.61 Å². The topological polar surface area (TPSA) is 73.1 Å². The first-order valence-corrected chi connectivity index (χ1v) is 6.26. The third-order valence-electron chi connectivity index (χ3n) is 2.65. The highest BCUT2D eigenvalue weighted by molar-refractivity contribution is 6.31. The monoisotopic (exact) mass is 278 g/mol. The molecule has 2 aromatic rings. The number of rotatable bonds is 4. The summed E-state index contributed by atoms with van der Waals surface area (Å²) < 4.78 is 5.33. The largest absolute Gasteiger partial charge is 0.476 e. The second-order valence-electron chi connectivity index (χ2n) is 3.91. The van der Waals surface area contributed by atoms with Gasteiger partial charge in [0.25, 0.3) is 0 Å². The molecule has 6 heteroatoms. The Morgan fingerprint density at radius 2 is 2.16 bits per heavy atom. The molecule has 0 aliphatic heterocycles. The van der Waals surface area contributed by atoms with Gasteiger partial charge in [-0.15, -0.1) is 0 Å². The number of anilines is 3. The number of halogens is 1. The van der Waals surface area contributed by atoms with Crippen molar-refractivity contribution in [3.05, 3.63) is 35.1 Å². The van der Waals surface area contributed by atoms with Crippen molar-refractivity contribution >= 4 is 28.8 Å². The van der Waals surface area contributed by atoms with Crippen molar-refractivity contribution in [1.29, 1.82) is 0 Å². The number of hydrogen-bond acceptors (Lipinski definition) is 5. The molecule has 0 amide bonds. The van der Waals surface area contributed by atoms with Gasteiger partial charge in [-0.2, -0.15) is 4.98 Å². The van der Waals surface area contributed by atoms with E-state index in [2.05, 4.69) is 15.3 Å². The number of nitrogens with zero attached hydrogens (tertiary/aromatic N) is 2. The molecule has 19 heavy (non-hydrogen) atoms. The van der Waals surface area contributed by atoms with Crippen LogP contribution in [0.25, 0.3) is 0 Å². The van der Waals surface area contributed by atoms with Crippen LogP contribution in [0.15, 0.2) is 24.5 Å². The van der Waals surface area contributed by atoms with E-state index in [1.165, 1.54) is 6.33 Å². The first kappa shape index (κ1) is 13.4. The van der Waals surface area contributed by atoms with Crippen LogP contribution >= 0.6 is 11.6 Å². The smallest absolute Gasteiger partial charge is 0.242 e. The summed E-state index contributed by atoms with van der Waals surface area (Å²) in [6, 6.07) is 5.60. The SMILES string of the molecule is CCOc1ncnc(Nc2cccc(Cl)c2C)c1N. The summed E-state index contributed by atoms with van der Waals surface area (Å²) in [5.74, 6) is 0.878. The molecule has 0 unspecified atom stereocenters. The maximum absolute atomic E-state index is 6.07. The lowest BCUT2D eigenvalue weighted by molar-refractivity contribution is 0.328. The van der Waals surface area contributed by atoms with E-state index in [4.69, 9.17) is 22.1 Å². The Kier molecular flexibility index (Phi) is 4.06. The maximum Gasteiger partial charge on any atom is 0.242 e. The van der Waals surface area contributed by atoms with Crippen LogP contribution in [0.4, 0.5) is 17.2 Å². The van der Waals surface area contributed by atoms with Crippen molar-refractivity contribution in [1.82, 2.24) is 9.97 Å². The van der Waals surface area contributed by atoms with E-state index in [1.54, 1.807) is 0 Å². The molecule has 0 aliphatic rings. The summed E-state index contributed by atoms with van der Waals surface area (Å²) in [5.41, 5.74) is 8.12. The van der Waals surface area contributed by atoms with Crippen LogP contribution in [0.1, 0.15) is 12.5 Å². The van der Waals surface area contributed by atoms with Crippen molar-refractivity contribution in [2.45, 2.75) is 13.8 Å². The predicted octanol–water partition coefficient (Wildman–Crippen LogP) is 3.16. The third-order valence-corrected chi connectivity index (χ3v) is 3.06. The van der Waals surface area contributed by atoms with Crippen molar-refractivity contribution in [3.63, 3.8) is 0 Å². The third kappa shape index (κ3) is 2.88. The van der Waals surface area contributed by atoms with Crippen molar-refractivity contribution in [2.24, 2.45) is 0 Å². The second-order valence-corrected chi connectivity index (χ2v) is 4.32. The lowest BCUT2D eigenvalue weighted by Crippen LogP contribution is -2.05. The van der Waals surface area contributed by atoms with Gasteiger partial charge in [0.15, 0.2) is 5.82 Å². The maximum atomic E-state index is 6.07. The quantitative estimate of drug-likeness (QED) is 0.899. The Labute approximate surface area is 116 Å².